The van der Waals surface area contributed by atoms with Crippen molar-refractivity contribution in [2.75, 3.05) is 0 Å². The highest BCUT2D eigenvalue weighted by atomic mass is 14.3. The smallest absolute Gasteiger partial charge is 0.0991 e. The van der Waals surface area contributed by atoms with Gasteiger partial charge in [-0.25, -0.2) is 0 Å². The Morgan fingerprint density at radius 1 is 1.05 bits per heavy atom. The van der Waals surface area contributed by atoms with Gasteiger partial charge in [0.2, 0.25) is 0 Å². The van der Waals surface area contributed by atoms with Crippen LogP contribution >= 0.6 is 0 Å². The fraction of sp³-hybridized carbons (Fsp3) is 0.526. The van der Waals surface area contributed by atoms with Gasteiger partial charge in [0.05, 0.1) is 11.6 Å². The van der Waals surface area contributed by atoms with Crippen LogP contribution in [-0.2, 0) is 6.42 Å². The van der Waals surface area contributed by atoms with E-state index in [0.717, 1.165) is 23.8 Å². The second kappa shape index (κ2) is 7.90. The quantitative estimate of drug-likeness (QED) is 0.645. The van der Waals surface area contributed by atoms with E-state index in [-0.39, 0.29) is 0 Å². The molecular weight excluding hydrogens is 242 g/mol. The van der Waals surface area contributed by atoms with Crippen molar-refractivity contribution in [2.24, 2.45) is 11.8 Å². The van der Waals surface area contributed by atoms with E-state index in [1.54, 1.807) is 0 Å². The van der Waals surface area contributed by atoms with Gasteiger partial charge in [0, 0.05) is 0 Å². The van der Waals surface area contributed by atoms with Gasteiger partial charge in [-0.05, 0) is 55.2 Å². The minimum atomic E-state index is 0.761. The van der Waals surface area contributed by atoms with Crippen molar-refractivity contribution in [3.8, 4) is 6.07 Å². The van der Waals surface area contributed by atoms with E-state index in [1.165, 1.54) is 50.5 Å². The summed E-state index contributed by atoms with van der Waals surface area (Å²) in [5.74, 6) is 1.85. The monoisotopic (exact) mass is 267 g/mol. The zero-order valence-electron chi connectivity index (χ0n) is 12.4. The third-order valence-electron chi connectivity index (χ3n) is 4.67. The highest BCUT2D eigenvalue weighted by Crippen LogP contribution is 2.33. The van der Waals surface area contributed by atoms with E-state index in [0.29, 0.717) is 0 Å². The van der Waals surface area contributed by atoms with Crippen molar-refractivity contribution < 1.29 is 0 Å². The van der Waals surface area contributed by atoms with Crippen LogP contribution in [0, 0.1) is 23.2 Å². The van der Waals surface area contributed by atoms with Crippen LogP contribution in [0.1, 0.15) is 56.1 Å². The minimum absolute atomic E-state index is 0.761. The highest BCUT2D eigenvalue weighted by molar-refractivity contribution is 5.31. The average Bonchev–Trinajstić information content (AvgIpc) is 2.52. The number of hydrogen-bond donors (Lipinski definition) is 0. The summed E-state index contributed by atoms with van der Waals surface area (Å²) in [6.07, 6.45) is 12.7. The van der Waals surface area contributed by atoms with Crippen LogP contribution in [0.2, 0.25) is 0 Å². The first kappa shape index (κ1) is 14.9. The number of rotatable bonds is 6. The molecule has 1 aromatic rings. The van der Waals surface area contributed by atoms with E-state index >= 15 is 0 Å². The fourth-order valence-corrected chi connectivity index (χ4v) is 3.28. The molecule has 0 aliphatic heterocycles. The molecular formula is C19H25N. The van der Waals surface area contributed by atoms with Crippen molar-refractivity contribution in [3.05, 3.63) is 48.0 Å². The van der Waals surface area contributed by atoms with Crippen LogP contribution < -0.4 is 0 Å². The molecule has 0 aromatic heterocycles. The molecule has 0 spiro atoms. The third kappa shape index (κ3) is 4.53. The molecule has 1 aliphatic carbocycles. The summed E-state index contributed by atoms with van der Waals surface area (Å²) < 4.78 is 0. The molecule has 0 heterocycles. The molecule has 1 aromatic carbocycles. The van der Waals surface area contributed by atoms with Crippen LogP contribution in [0.5, 0.6) is 0 Å². The Balaban J connectivity index is 1.70. The molecule has 0 atom stereocenters. The summed E-state index contributed by atoms with van der Waals surface area (Å²) >= 11 is 0. The summed E-state index contributed by atoms with van der Waals surface area (Å²) in [6.45, 7) is 3.82. The maximum Gasteiger partial charge on any atom is 0.0991 e. The minimum Gasteiger partial charge on any atom is -0.192 e. The molecule has 0 N–H and O–H groups in total. The van der Waals surface area contributed by atoms with Gasteiger partial charge in [0.1, 0.15) is 0 Å². The summed E-state index contributed by atoms with van der Waals surface area (Å²) in [7, 11) is 0. The second-order valence-corrected chi connectivity index (χ2v) is 6.10. The Hall–Kier alpha value is -1.55. The van der Waals surface area contributed by atoms with Gasteiger partial charge < -0.3 is 0 Å². The molecule has 0 amide bonds. The first-order valence-electron chi connectivity index (χ1n) is 7.91. The number of allylic oxidation sites excluding steroid dienone is 1. The van der Waals surface area contributed by atoms with E-state index in [2.05, 4.69) is 30.9 Å². The van der Waals surface area contributed by atoms with E-state index in [9.17, 15) is 0 Å². The molecule has 1 heteroatoms. The largest absolute Gasteiger partial charge is 0.192 e. The van der Waals surface area contributed by atoms with Crippen LogP contribution in [-0.4, -0.2) is 0 Å². The zero-order chi connectivity index (χ0) is 14.2. The standard InChI is InChI=1S/C19H25N/c1-2-3-4-16-5-7-17(8-6-16)9-10-18-11-13-19(15-20)14-12-18/h2,11-14,16-17H,1,3-10H2/t16-,17-. The molecule has 0 saturated heterocycles. The van der Waals surface area contributed by atoms with Gasteiger partial charge in [-0.15, -0.1) is 6.58 Å². The molecule has 1 aliphatic rings. The van der Waals surface area contributed by atoms with Gasteiger partial charge in [-0.2, -0.15) is 5.26 Å². The predicted molar refractivity (Wildman–Crippen MR) is 84.4 cm³/mol. The lowest BCUT2D eigenvalue weighted by Crippen LogP contribution is -2.15. The van der Waals surface area contributed by atoms with Crippen LogP contribution in [0.25, 0.3) is 0 Å². The summed E-state index contributed by atoms with van der Waals surface area (Å²) in [5.41, 5.74) is 2.13. The fourth-order valence-electron chi connectivity index (χ4n) is 3.28. The Morgan fingerprint density at radius 3 is 2.20 bits per heavy atom. The van der Waals surface area contributed by atoms with Crippen molar-refractivity contribution in [2.45, 2.75) is 51.4 Å². The van der Waals surface area contributed by atoms with Crippen LogP contribution in [0.4, 0.5) is 0 Å². The Labute approximate surface area is 123 Å². The number of nitrogens with zero attached hydrogens (tertiary/aromatic N) is 1. The Morgan fingerprint density at radius 2 is 1.65 bits per heavy atom. The lowest BCUT2D eigenvalue weighted by molar-refractivity contribution is 0.254. The van der Waals surface area contributed by atoms with Gasteiger partial charge in [0.25, 0.3) is 0 Å². The third-order valence-corrected chi connectivity index (χ3v) is 4.67. The molecule has 0 radical (unpaired) electrons. The van der Waals surface area contributed by atoms with Gasteiger partial charge >= 0.3 is 0 Å². The van der Waals surface area contributed by atoms with Gasteiger partial charge in [-0.1, -0.05) is 43.9 Å². The molecule has 106 valence electrons. The number of aryl methyl sites for hydroxylation is 1. The average molecular weight is 267 g/mol. The highest BCUT2D eigenvalue weighted by Gasteiger charge is 2.20. The SMILES string of the molecule is C=CCC[C@H]1CC[C@H](CCc2ccc(C#N)cc2)CC1. The van der Waals surface area contributed by atoms with Gasteiger partial charge in [0.15, 0.2) is 0 Å². The van der Waals surface area contributed by atoms with Crippen molar-refractivity contribution >= 4 is 0 Å². The van der Waals surface area contributed by atoms with Crippen molar-refractivity contribution in [1.29, 1.82) is 5.26 Å². The maximum absolute atomic E-state index is 8.79. The lowest BCUT2D eigenvalue weighted by Gasteiger charge is -2.28. The topological polar surface area (TPSA) is 23.8 Å². The number of nitriles is 1. The van der Waals surface area contributed by atoms with Gasteiger partial charge in [-0.3, -0.25) is 0 Å². The molecule has 1 fully saturated rings. The predicted octanol–water partition coefficient (Wildman–Crippen LogP) is 5.26. The van der Waals surface area contributed by atoms with Crippen LogP contribution in [0.15, 0.2) is 36.9 Å². The molecule has 1 saturated carbocycles. The van der Waals surface area contributed by atoms with E-state index in [4.69, 9.17) is 5.26 Å². The van der Waals surface area contributed by atoms with Crippen molar-refractivity contribution in [3.63, 3.8) is 0 Å². The lowest BCUT2D eigenvalue weighted by atomic mass is 9.78. The molecule has 20 heavy (non-hydrogen) atoms. The second-order valence-electron chi connectivity index (χ2n) is 6.10. The molecule has 0 bridgehead atoms. The zero-order valence-corrected chi connectivity index (χ0v) is 12.4. The molecule has 1 nitrogen and oxygen atoms in total. The number of hydrogen-bond acceptors (Lipinski definition) is 1. The Kier molecular flexibility index (Phi) is 5.87. The first-order valence-corrected chi connectivity index (χ1v) is 7.91. The summed E-state index contributed by atoms with van der Waals surface area (Å²) in [6, 6.07) is 10.2. The number of benzene rings is 1. The normalized spacial score (nSPS) is 22.1. The first-order chi connectivity index (χ1) is 9.81. The maximum atomic E-state index is 8.79. The molecule has 2 rings (SSSR count). The Bertz CT molecular complexity index is 444. The summed E-state index contributed by atoms with van der Waals surface area (Å²) in [5, 5.41) is 8.79. The van der Waals surface area contributed by atoms with Crippen molar-refractivity contribution in [1.82, 2.24) is 0 Å². The summed E-state index contributed by atoms with van der Waals surface area (Å²) in [4.78, 5) is 0. The van der Waals surface area contributed by atoms with E-state index in [1.807, 2.05) is 12.1 Å². The molecule has 0 unspecified atom stereocenters. The van der Waals surface area contributed by atoms with Crippen LogP contribution in [0.3, 0.4) is 0 Å². The van der Waals surface area contributed by atoms with E-state index < -0.39 is 0 Å².